The maximum Gasteiger partial charge on any atom is 0.407 e. The Hall–Kier alpha value is -2.95. The fourth-order valence-corrected chi connectivity index (χ4v) is 5.08. The van der Waals surface area contributed by atoms with Crippen molar-refractivity contribution in [3.05, 3.63) is 22.7 Å². The van der Waals surface area contributed by atoms with E-state index in [0.29, 0.717) is 11.0 Å². The number of alkyl halides is 2. The van der Waals surface area contributed by atoms with Crippen LogP contribution in [-0.2, 0) is 23.5 Å². The molecule has 1 fully saturated rings. The molecule has 2 heterocycles. The topological polar surface area (TPSA) is 170 Å². The van der Waals surface area contributed by atoms with Gasteiger partial charge in [0.1, 0.15) is 29.7 Å². The number of nitrogens with zero attached hydrogens (tertiary/aromatic N) is 2. The zero-order valence-electron chi connectivity index (χ0n) is 26.2. The van der Waals surface area contributed by atoms with Gasteiger partial charge in [0.05, 0.1) is 6.61 Å². The van der Waals surface area contributed by atoms with Crippen molar-refractivity contribution in [3.63, 3.8) is 0 Å². The number of hydrogen-bond acceptors (Lipinski definition) is 9. The highest BCUT2D eigenvalue weighted by atomic mass is 28.4. The summed E-state index contributed by atoms with van der Waals surface area (Å²) >= 11 is 0. The number of amides is 3. The van der Waals surface area contributed by atoms with Crippen molar-refractivity contribution in [1.82, 2.24) is 20.2 Å². The van der Waals surface area contributed by atoms with E-state index in [9.17, 15) is 24.3 Å². The van der Waals surface area contributed by atoms with E-state index in [1.807, 2.05) is 20.8 Å². The molecule has 1 saturated heterocycles. The van der Waals surface area contributed by atoms with Crippen molar-refractivity contribution in [3.8, 4) is 0 Å². The summed E-state index contributed by atoms with van der Waals surface area (Å²) in [6, 6.07) is 0.127. The Morgan fingerprint density at radius 1 is 1.21 bits per heavy atom. The molecule has 13 nitrogen and oxygen atoms in total. The average molecular weight is 634 g/mol. The van der Waals surface area contributed by atoms with Gasteiger partial charge in [0.2, 0.25) is 18.0 Å². The number of alkyl carbamates (subject to hydrolysis) is 1. The smallest absolute Gasteiger partial charge is 0.407 e. The number of halogens is 2. The standard InChI is InChI=1S/C27H45F2N5O8Si/c1-16(31-19(36)11-10-13-30-24(39)41-25(2,3)4)21(37)32-18-12-14-34(23(38)33-18)22-27(28,29)20(17(15-35)40-22)42-43(8,9)26(5,6)7/h12,14,16-17,20,22,35H,10-11,13,15H2,1-9H3,(H,30,39)(H,31,36)(H,32,33,37,38)/t16-,17+,20+,22+/m0/s1. The van der Waals surface area contributed by atoms with Crippen LogP contribution < -0.4 is 21.6 Å². The highest BCUT2D eigenvalue weighted by Gasteiger charge is 2.62. The van der Waals surface area contributed by atoms with Crippen LogP contribution in [0, 0.1) is 0 Å². The molecule has 0 spiro atoms. The van der Waals surface area contributed by atoms with E-state index in [2.05, 4.69) is 20.9 Å². The third kappa shape index (κ3) is 9.77. The summed E-state index contributed by atoms with van der Waals surface area (Å²) in [7, 11) is -2.71. The zero-order chi connectivity index (χ0) is 33.0. The summed E-state index contributed by atoms with van der Waals surface area (Å²) in [4.78, 5) is 52.8. The van der Waals surface area contributed by atoms with Crippen molar-refractivity contribution in [1.29, 1.82) is 0 Å². The summed E-state index contributed by atoms with van der Waals surface area (Å²) in [5, 5.41) is 16.7. The first-order valence-electron chi connectivity index (χ1n) is 14.1. The monoisotopic (exact) mass is 633 g/mol. The van der Waals surface area contributed by atoms with Gasteiger partial charge in [0, 0.05) is 19.2 Å². The van der Waals surface area contributed by atoms with Gasteiger partial charge in [-0.1, -0.05) is 20.8 Å². The average Bonchev–Trinajstić information content (AvgIpc) is 3.09. The Bertz CT molecular complexity index is 1210. The number of nitrogens with one attached hydrogen (secondary N) is 3. The number of anilines is 1. The van der Waals surface area contributed by atoms with Crippen molar-refractivity contribution < 1.29 is 42.2 Å². The molecule has 4 N–H and O–H groups in total. The van der Waals surface area contributed by atoms with Gasteiger partial charge in [-0.05, 0) is 58.3 Å². The molecule has 0 radical (unpaired) electrons. The van der Waals surface area contributed by atoms with E-state index in [-0.39, 0.29) is 18.8 Å². The predicted octanol–water partition coefficient (Wildman–Crippen LogP) is 2.91. The summed E-state index contributed by atoms with van der Waals surface area (Å²) in [5.41, 5.74) is -1.77. The van der Waals surface area contributed by atoms with Crippen LogP contribution in [-0.4, -0.2) is 83.8 Å². The Labute approximate surface area is 251 Å². The van der Waals surface area contributed by atoms with E-state index in [4.69, 9.17) is 13.9 Å². The van der Waals surface area contributed by atoms with Gasteiger partial charge in [0.25, 0.3) is 0 Å². The molecule has 1 aromatic rings. The second kappa shape index (κ2) is 13.8. The van der Waals surface area contributed by atoms with E-state index in [1.165, 1.54) is 6.92 Å². The Morgan fingerprint density at radius 2 is 1.84 bits per heavy atom. The molecule has 0 aliphatic carbocycles. The zero-order valence-corrected chi connectivity index (χ0v) is 27.2. The van der Waals surface area contributed by atoms with Crippen LogP contribution in [0.1, 0.15) is 67.5 Å². The fraction of sp³-hybridized carbons (Fsp3) is 0.741. The van der Waals surface area contributed by atoms with Crippen LogP contribution in [0.15, 0.2) is 17.1 Å². The highest BCUT2D eigenvalue weighted by molar-refractivity contribution is 6.74. The van der Waals surface area contributed by atoms with Crippen molar-refractivity contribution in [2.24, 2.45) is 0 Å². The lowest BCUT2D eigenvalue weighted by molar-refractivity contribution is -0.138. The van der Waals surface area contributed by atoms with Crippen LogP contribution >= 0.6 is 0 Å². The molecular weight excluding hydrogens is 588 g/mol. The third-order valence-electron chi connectivity index (χ3n) is 7.11. The van der Waals surface area contributed by atoms with Gasteiger partial charge in [-0.3, -0.25) is 14.2 Å². The first kappa shape index (κ1) is 36.2. The number of aromatic nitrogens is 2. The first-order valence-corrected chi connectivity index (χ1v) is 17.0. The molecule has 0 unspecified atom stereocenters. The Kier molecular flexibility index (Phi) is 11.6. The van der Waals surface area contributed by atoms with Crippen LogP contribution in [0.4, 0.5) is 19.4 Å². The van der Waals surface area contributed by atoms with Gasteiger partial charge < -0.3 is 35.0 Å². The van der Waals surface area contributed by atoms with Crippen LogP contribution in [0.2, 0.25) is 18.1 Å². The van der Waals surface area contributed by atoms with Crippen LogP contribution in [0.25, 0.3) is 0 Å². The summed E-state index contributed by atoms with van der Waals surface area (Å²) in [5.74, 6) is -5.05. The number of aliphatic hydroxyl groups is 1. The summed E-state index contributed by atoms with van der Waals surface area (Å²) < 4.78 is 48.2. The highest BCUT2D eigenvalue weighted by Crippen LogP contribution is 2.47. The van der Waals surface area contributed by atoms with E-state index >= 15 is 8.78 Å². The maximum atomic E-state index is 15.6. The molecule has 1 aliphatic heterocycles. The van der Waals surface area contributed by atoms with E-state index < -0.39 is 79.6 Å². The maximum absolute atomic E-state index is 15.6. The molecule has 16 heteroatoms. The van der Waals surface area contributed by atoms with Gasteiger partial charge in [0.15, 0.2) is 8.32 Å². The van der Waals surface area contributed by atoms with Gasteiger partial charge in [-0.25, -0.2) is 9.59 Å². The molecule has 0 saturated carbocycles. The number of carbonyl (C=O) groups excluding carboxylic acids is 3. The second-order valence-electron chi connectivity index (χ2n) is 13.0. The molecule has 0 bridgehead atoms. The number of aliphatic hydroxyl groups excluding tert-OH is 1. The molecule has 0 aromatic carbocycles. The Balaban J connectivity index is 1.99. The van der Waals surface area contributed by atoms with Gasteiger partial charge >= 0.3 is 17.7 Å². The van der Waals surface area contributed by atoms with Crippen LogP contribution in [0.5, 0.6) is 0 Å². The van der Waals surface area contributed by atoms with Crippen molar-refractivity contribution in [2.75, 3.05) is 18.5 Å². The molecular formula is C27H45F2N5O8Si. The van der Waals surface area contributed by atoms with Crippen LogP contribution in [0.3, 0.4) is 0 Å². The predicted molar refractivity (Wildman–Crippen MR) is 156 cm³/mol. The lowest BCUT2D eigenvalue weighted by Gasteiger charge is -2.40. The number of carbonyl (C=O) groups is 3. The minimum Gasteiger partial charge on any atom is -0.444 e. The van der Waals surface area contributed by atoms with Crippen molar-refractivity contribution >= 4 is 32.0 Å². The summed E-state index contributed by atoms with van der Waals surface area (Å²) in [6.07, 6.45) is -4.53. The number of ether oxygens (including phenoxy) is 2. The summed E-state index contributed by atoms with van der Waals surface area (Å²) in [6.45, 7) is 15.3. The molecule has 43 heavy (non-hydrogen) atoms. The van der Waals surface area contributed by atoms with Gasteiger partial charge in [-0.2, -0.15) is 13.8 Å². The first-order chi connectivity index (χ1) is 19.6. The number of hydrogen-bond donors (Lipinski definition) is 4. The molecule has 4 atom stereocenters. The molecule has 1 aromatic heterocycles. The third-order valence-corrected chi connectivity index (χ3v) is 11.6. The SMILES string of the molecule is C[C@H](NC(=O)CCCNC(=O)OC(C)(C)C)C(=O)Nc1ccn([C@@H]2O[C@H](CO)[C@@H](O[Si](C)(C)C(C)(C)C)C2(F)F)c(=O)n1. The fourth-order valence-electron chi connectivity index (χ4n) is 3.78. The molecule has 244 valence electrons. The normalized spacial score (nSPS) is 21.2. The minimum absolute atomic E-state index is 0.0201. The Morgan fingerprint density at radius 3 is 2.37 bits per heavy atom. The quantitative estimate of drug-likeness (QED) is 0.211. The van der Waals surface area contributed by atoms with Gasteiger partial charge in [-0.15, -0.1) is 0 Å². The number of rotatable bonds is 11. The minimum atomic E-state index is -3.68. The molecule has 3 amide bonds. The van der Waals surface area contributed by atoms with E-state index in [1.54, 1.807) is 33.9 Å². The van der Waals surface area contributed by atoms with Crippen molar-refractivity contribution in [2.45, 2.75) is 115 Å². The molecule has 2 rings (SSSR count). The largest absolute Gasteiger partial charge is 0.444 e. The molecule has 1 aliphatic rings. The lowest BCUT2D eigenvalue weighted by atomic mass is 10.1. The second-order valence-corrected chi connectivity index (χ2v) is 17.8. The lowest BCUT2D eigenvalue weighted by Crippen LogP contribution is -2.52. The van der Waals surface area contributed by atoms with E-state index in [0.717, 1.165) is 12.3 Å².